The first-order valence-corrected chi connectivity index (χ1v) is 9.31. The van der Waals surface area contributed by atoms with Crippen LogP contribution in [-0.4, -0.2) is 21.9 Å². The van der Waals surface area contributed by atoms with Crippen LogP contribution in [0.15, 0.2) is 29.5 Å². The molecule has 2 heterocycles. The zero-order valence-corrected chi connectivity index (χ0v) is 15.9. The number of aryl methyl sites for hydroxylation is 3. The largest absolute Gasteiger partial charge is 0.283 e. The van der Waals surface area contributed by atoms with Crippen molar-refractivity contribution in [3.8, 4) is 0 Å². The van der Waals surface area contributed by atoms with Crippen molar-refractivity contribution in [3.63, 3.8) is 0 Å². The highest BCUT2D eigenvalue weighted by molar-refractivity contribution is 7.21. The molecular formula is C18H19ClN4OS. The van der Waals surface area contributed by atoms with E-state index in [0.717, 1.165) is 34.3 Å². The van der Waals surface area contributed by atoms with Gasteiger partial charge in [0.2, 0.25) is 0 Å². The number of rotatable bonds is 5. The summed E-state index contributed by atoms with van der Waals surface area (Å²) in [5.41, 5.74) is 5.51. The number of carbonyl (C=O) groups is 1. The van der Waals surface area contributed by atoms with Gasteiger partial charge in [-0.1, -0.05) is 30.7 Å². The predicted molar refractivity (Wildman–Crippen MR) is 104 cm³/mol. The van der Waals surface area contributed by atoms with E-state index in [9.17, 15) is 4.79 Å². The highest BCUT2D eigenvalue weighted by Crippen LogP contribution is 2.35. The second kappa shape index (κ2) is 7.37. The second-order valence-electron chi connectivity index (χ2n) is 5.65. The quantitative estimate of drug-likeness (QED) is 0.531. The molecule has 7 heteroatoms. The van der Waals surface area contributed by atoms with E-state index in [4.69, 9.17) is 11.6 Å². The fourth-order valence-electron chi connectivity index (χ4n) is 2.51. The number of nitrogens with zero attached hydrogens (tertiary/aromatic N) is 3. The van der Waals surface area contributed by atoms with Gasteiger partial charge < -0.3 is 0 Å². The Morgan fingerprint density at radius 2 is 2.24 bits per heavy atom. The van der Waals surface area contributed by atoms with Crippen LogP contribution in [0.4, 0.5) is 0 Å². The minimum Gasteiger partial charge on any atom is -0.272 e. The molecule has 130 valence electrons. The normalized spacial score (nSPS) is 11.5. The number of carbonyl (C=O) groups excluding carboxylic acids is 1. The molecule has 0 saturated carbocycles. The van der Waals surface area contributed by atoms with Gasteiger partial charge in [-0.3, -0.25) is 9.48 Å². The minimum atomic E-state index is -0.305. The van der Waals surface area contributed by atoms with Gasteiger partial charge in [0.15, 0.2) is 0 Å². The van der Waals surface area contributed by atoms with Crippen molar-refractivity contribution in [3.05, 3.63) is 51.1 Å². The predicted octanol–water partition coefficient (Wildman–Crippen LogP) is 4.41. The van der Waals surface area contributed by atoms with Crippen molar-refractivity contribution in [2.24, 2.45) is 5.10 Å². The lowest BCUT2D eigenvalue weighted by molar-refractivity contribution is 0.0959. The maximum absolute atomic E-state index is 12.4. The molecule has 1 N–H and O–H groups in total. The Morgan fingerprint density at radius 3 is 2.92 bits per heavy atom. The summed E-state index contributed by atoms with van der Waals surface area (Å²) in [5, 5.41) is 9.76. The van der Waals surface area contributed by atoms with Crippen LogP contribution in [0, 0.1) is 6.92 Å². The summed E-state index contributed by atoms with van der Waals surface area (Å²) in [7, 11) is 0. The first-order valence-electron chi connectivity index (χ1n) is 8.11. The van der Waals surface area contributed by atoms with E-state index in [2.05, 4.69) is 28.6 Å². The number of hydrogen-bond donors (Lipinski definition) is 1. The minimum absolute atomic E-state index is 0.305. The maximum Gasteiger partial charge on any atom is 0.283 e. The van der Waals surface area contributed by atoms with E-state index in [-0.39, 0.29) is 5.91 Å². The van der Waals surface area contributed by atoms with Crippen LogP contribution < -0.4 is 5.43 Å². The molecule has 3 aromatic rings. The van der Waals surface area contributed by atoms with E-state index in [1.807, 2.05) is 36.9 Å². The van der Waals surface area contributed by atoms with Gasteiger partial charge >= 0.3 is 0 Å². The lowest BCUT2D eigenvalue weighted by Gasteiger charge is -1.97. The molecular weight excluding hydrogens is 356 g/mol. The number of hydrazone groups is 1. The molecule has 0 unspecified atom stereocenters. The smallest absolute Gasteiger partial charge is 0.272 e. The van der Waals surface area contributed by atoms with E-state index >= 15 is 0 Å². The lowest BCUT2D eigenvalue weighted by Crippen LogP contribution is -2.16. The number of aromatic nitrogens is 2. The van der Waals surface area contributed by atoms with E-state index < -0.39 is 0 Å². The van der Waals surface area contributed by atoms with E-state index in [1.165, 1.54) is 16.9 Å². The molecule has 0 aliphatic rings. The summed E-state index contributed by atoms with van der Waals surface area (Å²) in [6, 6.07) is 6.08. The molecule has 5 nitrogen and oxygen atoms in total. The first kappa shape index (κ1) is 17.6. The molecule has 0 bridgehead atoms. The average Bonchev–Trinajstić information content (AvgIpc) is 3.14. The Morgan fingerprint density at radius 1 is 1.44 bits per heavy atom. The fourth-order valence-corrected chi connectivity index (χ4v) is 3.98. The number of nitrogens with one attached hydrogen (secondary N) is 1. The van der Waals surface area contributed by atoms with Crippen molar-refractivity contribution in [2.45, 2.75) is 33.7 Å². The summed E-state index contributed by atoms with van der Waals surface area (Å²) in [4.78, 5) is 12.9. The Bertz CT molecular complexity index is 958. The van der Waals surface area contributed by atoms with Crippen LogP contribution in [0.5, 0.6) is 0 Å². The van der Waals surface area contributed by atoms with Crippen molar-refractivity contribution in [1.82, 2.24) is 15.2 Å². The third kappa shape index (κ3) is 3.60. The average molecular weight is 375 g/mol. The SMILES string of the molecule is CCc1ccc2c(Cl)c(C(=O)N/N=C\c3cn(CC)nc3C)sc2c1. The van der Waals surface area contributed by atoms with Gasteiger partial charge in [0, 0.05) is 28.4 Å². The Hall–Kier alpha value is -2.18. The van der Waals surface area contributed by atoms with Gasteiger partial charge in [-0.2, -0.15) is 10.2 Å². The van der Waals surface area contributed by atoms with Crippen LogP contribution in [0.3, 0.4) is 0 Å². The van der Waals surface area contributed by atoms with Crippen LogP contribution in [0.25, 0.3) is 10.1 Å². The Kier molecular flexibility index (Phi) is 5.20. The zero-order chi connectivity index (χ0) is 18.0. The van der Waals surface area contributed by atoms with Crippen LogP contribution in [0.2, 0.25) is 5.02 Å². The molecule has 0 aliphatic heterocycles. The van der Waals surface area contributed by atoms with Gasteiger partial charge in [0.25, 0.3) is 5.91 Å². The maximum atomic E-state index is 12.4. The molecule has 2 aromatic heterocycles. The fraction of sp³-hybridized carbons (Fsp3) is 0.278. The van der Waals surface area contributed by atoms with E-state index in [1.54, 1.807) is 6.21 Å². The second-order valence-corrected chi connectivity index (χ2v) is 7.08. The standard InChI is InChI=1S/C18H19ClN4OS/c1-4-12-6-7-14-15(8-12)25-17(16(14)19)18(24)21-20-9-13-10-23(5-2)22-11(13)3/h6-10H,4-5H2,1-3H3,(H,21,24)/b20-9-. The highest BCUT2D eigenvalue weighted by atomic mass is 35.5. The van der Waals surface area contributed by atoms with Crippen LogP contribution in [-0.2, 0) is 13.0 Å². The van der Waals surface area contributed by atoms with Crippen molar-refractivity contribution in [2.75, 3.05) is 0 Å². The highest BCUT2D eigenvalue weighted by Gasteiger charge is 2.17. The summed E-state index contributed by atoms with van der Waals surface area (Å²) in [6.45, 7) is 6.81. The Balaban J connectivity index is 1.79. The molecule has 0 saturated heterocycles. The van der Waals surface area contributed by atoms with Crippen LogP contribution >= 0.6 is 22.9 Å². The van der Waals surface area contributed by atoms with Gasteiger partial charge in [-0.05, 0) is 31.9 Å². The molecule has 0 spiro atoms. The molecule has 0 radical (unpaired) electrons. The van der Waals surface area contributed by atoms with Gasteiger partial charge in [0.05, 0.1) is 16.9 Å². The topological polar surface area (TPSA) is 59.3 Å². The third-order valence-corrected chi connectivity index (χ3v) is 5.64. The van der Waals surface area contributed by atoms with Gasteiger partial charge in [-0.25, -0.2) is 5.43 Å². The van der Waals surface area contributed by atoms with E-state index in [0.29, 0.717) is 9.90 Å². The third-order valence-electron chi connectivity index (χ3n) is 3.99. The van der Waals surface area contributed by atoms with Crippen molar-refractivity contribution < 1.29 is 4.79 Å². The number of amides is 1. The number of hydrogen-bond acceptors (Lipinski definition) is 4. The molecule has 0 atom stereocenters. The molecule has 1 aromatic carbocycles. The molecule has 3 rings (SSSR count). The summed E-state index contributed by atoms with van der Waals surface area (Å²) in [6.07, 6.45) is 4.44. The summed E-state index contributed by atoms with van der Waals surface area (Å²) >= 11 is 7.76. The van der Waals surface area contributed by atoms with Crippen molar-refractivity contribution >= 4 is 45.1 Å². The number of thiophene rings is 1. The molecule has 0 aliphatic carbocycles. The molecule has 0 fully saturated rings. The van der Waals surface area contributed by atoms with Gasteiger partial charge in [-0.15, -0.1) is 11.3 Å². The zero-order valence-electron chi connectivity index (χ0n) is 14.3. The van der Waals surface area contributed by atoms with Crippen LogP contribution in [0.1, 0.15) is 40.3 Å². The van der Waals surface area contributed by atoms with Gasteiger partial charge in [0.1, 0.15) is 4.88 Å². The molecule has 1 amide bonds. The van der Waals surface area contributed by atoms with Crippen molar-refractivity contribution in [1.29, 1.82) is 0 Å². The summed E-state index contributed by atoms with van der Waals surface area (Å²) in [5.74, 6) is -0.305. The Labute approximate surface area is 155 Å². The number of fused-ring (bicyclic) bond motifs is 1. The molecule has 25 heavy (non-hydrogen) atoms. The lowest BCUT2D eigenvalue weighted by atomic mass is 10.1. The number of halogens is 1. The monoisotopic (exact) mass is 374 g/mol. The first-order chi connectivity index (χ1) is 12.0. The number of benzene rings is 1. The summed E-state index contributed by atoms with van der Waals surface area (Å²) < 4.78 is 2.84.